The Balaban J connectivity index is 1.79. The molecule has 1 heterocycles. The summed E-state index contributed by atoms with van der Waals surface area (Å²) in [4.78, 5) is 4.94. The topological polar surface area (TPSA) is 43.8 Å². The van der Waals surface area contributed by atoms with E-state index in [0.717, 1.165) is 17.1 Å². The molecule has 2 saturated carbocycles. The molecule has 2 atom stereocenters. The predicted octanol–water partition coefficient (Wildman–Crippen LogP) is 4.64. The van der Waals surface area contributed by atoms with Gasteiger partial charge in [0.2, 0.25) is 0 Å². The highest BCUT2D eigenvalue weighted by Gasteiger charge is 2.32. The van der Waals surface area contributed by atoms with Crippen molar-refractivity contribution in [1.82, 2.24) is 9.55 Å². The summed E-state index contributed by atoms with van der Waals surface area (Å²) >= 11 is 0. The minimum absolute atomic E-state index is 0.638. The number of hydrogen-bond acceptors (Lipinski definition) is 2. The van der Waals surface area contributed by atoms with Crippen molar-refractivity contribution >= 4 is 16.7 Å². The van der Waals surface area contributed by atoms with E-state index in [1.807, 2.05) is 12.1 Å². The van der Waals surface area contributed by atoms with Crippen LogP contribution < -0.4 is 5.73 Å². The van der Waals surface area contributed by atoms with Crippen molar-refractivity contribution in [2.24, 2.45) is 5.92 Å². The molecule has 2 fully saturated rings. The molecule has 0 amide bonds. The van der Waals surface area contributed by atoms with Crippen LogP contribution in [-0.2, 0) is 0 Å². The van der Waals surface area contributed by atoms with Crippen LogP contribution in [0, 0.1) is 5.92 Å². The first-order valence-corrected chi connectivity index (χ1v) is 8.49. The molecule has 21 heavy (non-hydrogen) atoms. The number of nitrogens with two attached hydrogens (primary N) is 1. The standard InChI is InChI=1S/C18H25N3/c1-12-3-2-4-15(9-5-12)21-17-10-8-14(19)11-16(17)20-18(21)13-6-7-13/h8,10-13,15H,2-7,9,19H2,1H3. The normalized spacial score (nSPS) is 26.9. The SMILES string of the molecule is CC1CCCC(n2c(C3CC3)nc3cc(N)ccc32)CC1. The van der Waals surface area contributed by atoms with Crippen molar-refractivity contribution < 1.29 is 0 Å². The van der Waals surface area contributed by atoms with E-state index in [2.05, 4.69) is 17.6 Å². The minimum atomic E-state index is 0.638. The number of hydrogen-bond donors (Lipinski definition) is 1. The molecular weight excluding hydrogens is 258 g/mol. The first kappa shape index (κ1) is 13.2. The third-order valence-corrected chi connectivity index (χ3v) is 5.28. The summed E-state index contributed by atoms with van der Waals surface area (Å²) in [6.45, 7) is 2.40. The van der Waals surface area contributed by atoms with Crippen LogP contribution in [0.1, 0.15) is 69.7 Å². The first-order valence-electron chi connectivity index (χ1n) is 8.49. The van der Waals surface area contributed by atoms with Crippen LogP contribution >= 0.6 is 0 Å². The van der Waals surface area contributed by atoms with Gasteiger partial charge in [0.1, 0.15) is 5.82 Å². The number of rotatable bonds is 2. The van der Waals surface area contributed by atoms with Crippen LogP contribution in [0.25, 0.3) is 11.0 Å². The maximum atomic E-state index is 5.95. The highest BCUT2D eigenvalue weighted by Crippen LogP contribution is 2.44. The lowest BCUT2D eigenvalue weighted by Gasteiger charge is -2.20. The van der Waals surface area contributed by atoms with Crippen molar-refractivity contribution in [1.29, 1.82) is 0 Å². The molecular formula is C18H25N3. The third kappa shape index (κ3) is 2.43. The van der Waals surface area contributed by atoms with E-state index in [9.17, 15) is 0 Å². The van der Waals surface area contributed by atoms with Gasteiger partial charge >= 0.3 is 0 Å². The van der Waals surface area contributed by atoms with Crippen molar-refractivity contribution in [2.75, 3.05) is 5.73 Å². The van der Waals surface area contributed by atoms with Crippen molar-refractivity contribution in [3.63, 3.8) is 0 Å². The summed E-state index contributed by atoms with van der Waals surface area (Å²) in [5, 5.41) is 0. The smallest absolute Gasteiger partial charge is 0.113 e. The molecule has 1 aromatic carbocycles. The molecule has 4 rings (SSSR count). The summed E-state index contributed by atoms with van der Waals surface area (Å²) in [6, 6.07) is 6.88. The van der Waals surface area contributed by atoms with Crippen molar-refractivity contribution in [3.8, 4) is 0 Å². The maximum Gasteiger partial charge on any atom is 0.113 e. The Morgan fingerprint density at radius 1 is 1.10 bits per heavy atom. The molecule has 0 saturated heterocycles. The second kappa shape index (κ2) is 5.04. The summed E-state index contributed by atoms with van der Waals surface area (Å²) in [5.41, 5.74) is 9.16. The third-order valence-electron chi connectivity index (χ3n) is 5.28. The predicted molar refractivity (Wildman–Crippen MR) is 87.4 cm³/mol. The molecule has 3 heteroatoms. The Morgan fingerprint density at radius 3 is 2.76 bits per heavy atom. The molecule has 3 nitrogen and oxygen atoms in total. The minimum Gasteiger partial charge on any atom is -0.399 e. The molecule has 0 radical (unpaired) electrons. The number of aromatic nitrogens is 2. The van der Waals surface area contributed by atoms with Gasteiger partial charge in [-0.3, -0.25) is 0 Å². The first-order chi connectivity index (χ1) is 10.2. The molecule has 0 spiro atoms. The Morgan fingerprint density at radius 2 is 1.95 bits per heavy atom. The second-order valence-corrected chi connectivity index (χ2v) is 7.13. The molecule has 2 aliphatic rings. The molecule has 1 aromatic heterocycles. The van der Waals surface area contributed by atoms with Gasteiger partial charge in [-0.25, -0.2) is 4.98 Å². The van der Waals surface area contributed by atoms with Gasteiger partial charge < -0.3 is 10.3 Å². The van der Waals surface area contributed by atoms with Crippen molar-refractivity contribution in [3.05, 3.63) is 24.0 Å². The Hall–Kier alpha value is -1.51. The van der Waals surface area contributed by atoms with E-state index in [4.69, 9.17) is 10.7 Å². The summed E-state index contributed by atoms with van der Waals surface area (Å²) in [7, 11) is 0. The molecule has 2 aliphatic carbocycles. The van der Waals surface area contributed by atoms with Gasteiger partial charge in [0, 0.05) is 17.6 Å². The van der Waals surface area contributed by atoms with E-state index in [1.54, 1.807) is 0 Å². The fraction of sp³-hybridized carbons (Fsp3) is 0.611. The number of nitrogens with zero attached hydrogens (tertiary/aromatic N) is 2. The summed E-state index contributed by atoms with van der Waals surface area (Å²) in [6.07, 6.45) is 9.31. The Kier molecular flexibility index (Phi) is 3.16. The lowest BCUT2D eigenvalue weighted by atomic mass is 10.0. The average molecular weight is 283 g/mol. The van der Waals surface area contributed by atoms with E-state index >= 15 is 0 Å². The number of fused-ring (bicyclic) bond motifs is 1. The van der Waals surface area contributed by atoms with Gasteiger partial charge in [-0.15, -0.1) is 0 Å². The number of anilines is 1. The fourth-order valence-electron chi connectivity index (χ4n) is 3.87. The van der Waals surface area contributed by atoms with Crippen LogP contribution in [-0.4, -0.2) is 9.55 Å². The Bertz CT molecular complexity index is 654. The van der Waals surface area contributed by atoms with Gasteiger partial charge in [-0.1, -0.05) is 19.8 Å². The zero-order valence-electron chi connectivity index (χ0n) is 12.9. The van der Waals surface area contributed by atoms with E-state index < -0.39 is 0 Å². The fourth-order valence-corrected chi connectivity index (χ4v) is 3.87. The zero-order valence-corrected chi connectivity index (χ0v) is 12.9. The summed E-state index contributed by atoms with van der Waals surface area (Å²) < 4.78 is 2.57. The highest BCUT2D eigenvalue weighted by atomic mass is 15.1. The number of nitrogen functional groups attached to an aromatic ring is 1. The van der Waals surface area contributed by atoms with E-state index in [-0.39, 0.29) is 0 Å². The van der Waals surface area contributed by atoms with Crippen LogP contribution in [0.15, 0.2) is 18.2 Å². The molecule has 0 aliphatic heterocycles. The van der Waals surface area contributed by atoms with Crippen LogP contribution in [0.5, 0.6) is 0 Å². The lowest BCUT2D eigenvalue weighted by molar-refractivity contribution is 0.430. The largest absolute Gasteiger partial charge is 0.399 e. The van der Waals surface area contributed by atoms with Crippen LogP contribution in [0.3, 0.4) is 0 Å². The van der Waals surface area contributed by atoms with Crippen LogP contribution in [0.2, 0.25) is 0 Å². The zero-order chi connectivity index (χ0) is 14.4. The van der Waals surface area contributed by atoms with Crippen molar-refractivity contribution in [2.45, 2.75) is 63.8 Å². The van der Waals surface area contributed by atoms with E-state index in [1.165, 1.54) is 56.3 Å². The lowest BCUT2D eigenvalue weighted by Crippen LogP contribution is -2.11. The van der Waals surface area contributed by atoms with Gasteiger partial charge in [-0.2, -0.15) is 0 Å². The van der Waals surface area contributed by atoms with Crippen LogP contribution in [0.4, 0.5) is 5.69 Å². The quantitative estimate of drug-likeness (QED) is 0.644. The van der Waals surface area contributed by atoms with Gasteiger partial charge in [0.05, 0.1) is 11.0 Å². The average Bonchev–Trinajstić information content (AvgIpc) is 3.26. The van der Waals surface area contributed by atoms with Gasteiger partial charge in [0.25, 0.3) is 0 Å². The number of benzene rings is 1. The molecule has 2 N–H and O–H groups in total. The second-order valence-electron chi connectivity index (χ2n) is 7.13. The molecule has 2 unspecified atom stereocenters. The maximum absolute atomic E-state index is 5.95. The molecule has 112 valence electrons. The van der Waals surface area contributed by atoms with Gasteiger partial charge in [-0.05, 0) is 56.2 Å². The van der Waals surface area contributed by atoms with Gasteiger partial charge in [0.15, 0.2) is 0 Å². The molecule has 2 aromatic rings. The highest BCUT2D eigenvalue weighted by molar-refractivity contribution is 5.80. The Labute approximate surface area is 126 Å². The van der Waals surface area contributed by atoms with E-state index in [0.29, 0.717) is 12.0 Å². The number of imidazole rings is 1. The molecule has 0 bridgehead atoms. The summed E-state index contributed by atoms with van der Waals surface area (Å²) in [5.74, 6) is 2.90. The monoisotopic (exact) mass is 283 g/mol.